The zero-order chi connectivity index (χ0) is 18.4. The number of anilines is 2. The molecule has 0 aliphatic carbocycles. The van der Waals surface area contributed by atoms with Crippen molar-refractivity contribution in [3.8, 4) is 5.75 Å². The molecular formula is C19H19N5O2. The molecule has 0 atom stereocenters. The first-order valence-corrected chi connectivity index (χ1v) is 8.08. The van der Waals surface area contributed by atoms with Crippen LogP contribution in [0.25, 0.3) is 0 Å². The second kappa shape index (κ2) is 8.06. The van der Waals surface area contributed by atoms with Crippen LogP contribution in [-0.2, 0) is 6.54 Å². The van der Waals surface area contributed by atoms with Crippen LogP contribution in [0.4, 0.5) is 11.5 Å². The molecule has 0 aliphatic rings. The van der Waals surface area contributed by atoms with E-state index in [0.717, 1.165) is 11.1 Å². The van der Waals surface area contributed by atoms with Gasteiger partial charge in [0, 0.05) is 18.9 Å². The number of aromatic nitrogens is 3. The van der Waals surface area contributed by atoms with Gasteiger partial charge >= 0.3 is 0 Å². The summed E-state index contributed by atoms with van der Waals surface area (Å²) >= 11 is 0. The van der Waals surface area contributed by atoms with Crippen LogP contribution < -0.4 is 15.4 Å². The summed E-state index contributed by atoms with van der Waals surface area (Å²) in [6, 6.07) is 12.7. The number of methoxy groups -OCH3 is 1. The van der Waals surface area contributed by atoms with Crippen molar-refractivity contribution in [1.82, 2.24) is 15.2 Å². The Balaban J connectivity index is 1.64. The van der Waals surface area contributed by atoms with Crippen LogP contribution in [0, 0.1) is 6.92 Å². The highest BCUT2D eigenvalue weighted by Gasteiger charge is 2.12. The molecule has 0 radical (unpaired) electrons. The fourth-order valence-corrected chi connectivity index (χ4v) is 2.35. The largest absolute Gasteiger partial charge is 0.495 e. The van der Waals surface area contributed by atoms with Gasteiger partial charge in [0.25, 0.3) is 5.91 Å². The highest BCUT2D eigenvalue weighted by atomic mass is 16.5. The molecule has 2 aromatic heterocycles. The number of benzene rings is 1. The SMILES string of the molecule is COc1ccc(C)cc1NC(=O)c1ccc(NCc2ccncc2)nn1. The Morgan fingerprint density at radius 2 is 1.88 bits per heavy atom. The van der Waals surface area contributed by atoms with E-state index in [-0.39, 0.29) is 11.6 Å². The molecule has 3 rings (SSSR count). The molecule has 2 heterocycles. The minimum Gasteiger partial charge on any atom is -0.495 e. The van der Waals surface area contributed by atoms with Crippen LogP contribution in [0.5, 0.6) is 5.75 Å². The monoisotopic (exact) mass is 349 g/mol. The molecule has 132 valence electrons. The lowest BCUT2D eigenvalue weighted by atomic mass is 10.2. The summed E-state index contributed by atoms with van der Waals surface area (Å²) in [6.07, 6.45) is 3.46. The zero-order valence-electron chi connectivity index (χ0n) is 14.6. The molecule has 0 spiro atoms. The van der Waals surface area contributed by atoms with Gasteiger partial charge < -0.3 is 15.4 Å². The number of hydrogen-bond donors (Lipinski definition) is 2. The average Bonchev–Trinajstić information content (AvgIpc) is 2.68. The van der Waals surface area contributed by atoms with Gasteiger partial charge in [0.2, 0.25) is 0 Å². The predicted molar refractivity (Wildman–Crippen MR) is 99.3 cm³/mol. The third-order valence-corrected chi connectivity index (χ3v) is 3.72. The summed E-state index contributed by atoms with van der Waals surface area (Å²) in [7, 11) is 1.56. The number of carbonyl (C=O) groups is 1. The molecule has 0 bridgehead atoms. The molecule has 1 aromatic carbocycles. The minimum absolute atomic E-state index is 0.225. The second-order valence-electron chi connectivity index (χ2n) is 5.67. The Bertz CT molecular complexity index is 882. The molecule has 7 heteroatoms. The first-order chi connectivity index (χ1) is 12.7. The molecule has 0 fully saturated rings. The summed E-state index contributed by atoms with van der Waals surface area (Å²) in [5, 5.41) is 14.0. The van der Waals surface area contributed by atoms with Crippen molar-refractivity contribution in [3.63, 3.8) is 0 Å². The maximum absolute atomic E-state index is 12.4. The molecular weight excluding hydrogens is 330 g/mol. The lowest BCUT2D eigenvalue weighted by Crippen LogP contribution is -2.15. The van der Waals surface area contributed by atoms with Gasteiger partial charge in [0.05, 0.1) is 12.8 Å². The highest BCUT2D eigenvalue weighted by Crippen LogP contribution is 2.25. The van der Waals surface area contributed by atoms with Crippen molar-refractivity contribution in [1.29, 1.82) is 0 Å². The first kappa shape index (κ1) is 17.3. The number of nitrogens with zero attached hydrogens (tertiary/aromatic N) is 3. The standard InChI is InChI=1S/C19H19N5O2/c1-13-3-5-17(26-2)16(11-13)22-19(25)15-4-6-18(24-23-15)21-12-14-7-9-20-10-8-14/h3-11H,12H2,1-2H3,(H,21,24)(H,22,25). The van der Waals surface area contributed by atoms with Gasteiger partial charge in [-0.1, -0.05) is 6.07 Å². The second-order valence-corrected chi connectivity index (χ2v) is 5.67. The van der Waals surface area contributed by atoms with Crippen molar-refractivity contribution in [2.45, 2.75) is 13.5 Å². The van der Waals surface area contributed by atoms with Gasteiger partial charge in [-0.2, -0.15) is 0 Å². The number of hydrogen-bond acceptors (Lipinski definition) is 6. The Morgan fingerprint density at radius 1 is 1.08 bits per heavy atom. The normalized spacial score (nSPS) is 10.2. The molecule has 2 N–H and O–H groups in total. The van der Waals surface area contributed by atoms with Gasteiger partial charge in [-0.05, 0) is 54.4 Å². The molecule has 0 saturated heterocycles. The third kappa shape index (κ3) is 4.32. The van der Waals surface area contributed by atoms with Crippen LogP contribution in [-0.4, -0.2) is 28.2 Å². The Labute approximate surface area is 151 Å². The van der Waals surface area contributed by atoms with Crippen LogP contribution in [0.3, 0.4) is 0 Å². The number of pyridine rings is 1. The molecule has 1 amide bonds. The number of nitrogens with one attached hydrogen (secondary N) is 2. The molecule has 3 aromatic rings. The molecule has 0 saturated carbocycles. The summed E-state index contributed by atoms with van der Waals surface area (Å²) in [4.78, 5) is 16.4. The van der Waals surface area contributed by atoms with Crippen molar-refractivity contribution >= 4 is 17.4 Å². The fraction of sp³-hybridized carbons (Fsp3) is 0.158. The number of aryl methyl sites for hydroxylation is 1. The summed E-state index contributed by atoms with van der Waals surface area (Å²) < 4.78 is 5.26. The lowest BCUT2D eigenvalue weighted by Gasteiger charge is -2.11. The van der Waals surface area contributed by atoms with Crippen molar-refractivity contribution in [3.05, 3.63) is 71.7 Å². The number of rotatable bonds is 6. The topological polar surface area (TPSA) is 89.0 Å². The van der Waals surface area contributed by atoms with E-state index in [9.17, 15) is 4.79 Å². The van der Waals surface area contributed by atoms with E-state index < -0.39 is 0 Å². The van der Waals surface area contributed by atoms with Crippen LogP contribution in [0.2, 0.25) is 0 Å². The van der Waals surface area contributed by atoms with Crippen molar-refractivity contribution in [2.24, 2.45) is 0 Å². The van der Waals surface area contributed by atoms with Gasteiger partial charge in [-0.15, -0.1) is 10.2 Å². The lowest BCUT2D eigenvalue weighted by molar-refractivity contribution is 0.102. The molecule has 7 nitrogen and oxygen atoms in total. The van der Waals surface area contributed by atoms with E-state index >= 15 is 0 Å². The zero-order valence-corrected chi connectivity index (χ0v) is 14.6. The Kier molecular flexibility index (Phi) is 5.38. The quantitative estimate of drug-likeness (QED) is 0.711. The van der Waals surface area contributed by atoms with E-state index in [1.165, 1.54) is 0 Å². The number of ether oxygens (including phenoxy) is 1. The van der Waals surface area contributed by atoms with E-state index in [4.69, 9.17) is 4.74 Å². The first-order valence-electron chi connectivity index (χ1n) is 8.08. The van der Waals surface area contributed by atoms with Crippen molar-refractivity contribution in [2.75, 3.05) is 17.7 Å². The van der Waals surface area contributed by atoms with Crippen LogP contribution in [0.1, 0.15) is 21.6 Å². The van der Waals surface area contributed by atoms with E-state index in [1.54, 1.807) is 31.6 Å². The summed E-state index contributed by atoms with van der Waals surface area (Å²) in [5.41, 5.74) is 2.92. The number of carbonyl (C=O) groups excluding carboxylic acids is 1. The van der Waals surface area contributed by atoms with Gasteiger partial charge in [-0.25, -0.2) is 0 Å². The third-order valence-electron chi connectivity index (χ3n) is 3.72. The predicted octanol–water partition coefficient (Wildman–Crippen LogP) is 3.05. The molecule has 0 aliphatic heterocycles. The summed E-state index contributed by atoms with van der Waals surface area (Å²) in [6.45, 7) is 2.54. The smallest absolute Gasteiger partial charge is 0.276 e. The summed E-state index contributed by atoms with van der Waals surface area (Å²) in [5.74, 6) is 0.834. The maximum Gasteiger partial charge on any atom is 0.276 e. The van der Waals surface area contributed by atoms with Crippen LogP contribution in [0.15, 0.2) is 54.9 Å². The van der Waals surface area contributed by atoms with E-state index in [2.05, 4.69) is 25.8 Å². The maximum atomic E-state index is 12.4. The Hall–Kier alpha value is -3.48. The van der Waals surface area contributed by atoms with Gasteiger partial charge in [-0.3, -0.25) is 9.78 Å². The van der Waals surface area contributed by atoms with Gasteiger partial charge in [0.1, 0.15) is 11.6 Å². The number of amides is 1. The van der Waals surface area contributed by atoms with Crippen molar-refractivity contribution < 1.29 is 9.53 Å². The van der Waals surface area contributed by atoms with Crippen LogP contribution >= 0.6 is 0 Å². The fourth-order valence-electron chi connectivity index (χ4n) is 2.35. The molecule has 26 heavy (non-hydrogen) atoms. The molecule has 0 unspecified atom stereocenters. The highest BCUT2D eigenvalue weighted by molar-refractivity contribution is 6.03. The Morgan fingerprint density at radius 3 is 2.58 bits per heavy atom. The van der Waals surface area contributed by atoms with E-state index in [0.29, 0.717) is 23.8 Å². The van der Waals surface area contributed by atoms with E-state index in [1.807, 2.05) is 37.3 Å². The minimum atomic E-state index is -0.345. The average molecular weight is 349 g/mol. The van der Waals surface area contributed by atoms with Gasteiger partial charge in [0.15, 0.2) is 5.69 Å².